The topological polar surface area (TPSA) is 296 Å². The molecule has 6 atom stereocenters. The van der Waals surface area contributed by atoms with E-state index in [1.165, 1.54) is 18.2 Å². The van der Waals surface area contributed by atoms with Gasteiger partial charge in [-0.1, -0.05) is 12.8 Å². The number of nitrogens with one attached hydrogen (secondary N) is 6. The molecular weight excluding hydrogens is 985 g/mol. The number of nitrogens with zero attached hydrogens (tertiary/aromatic N) is 3. The summed E-state index contributed by atoms with van der Waals surface area (Å²) in [6.07, 6.45) is 10.1. The average Bonchev–Trinajstić information content (AvgIpc) is 4.15. The predicted molar refractivity (Wildman–Crippen MR) is 277 cm³/mol. The minimum Gasteiger partial charge on any atom is -0.379 e. The summed E-state index contributed by atoms with van der Waals surface area (Å²) in [5.74, 6) is 0.926. The molecule has 4 saturated heterocycles. The fraction of sp³-hybridized carbons (Fsp3) is 0.735. The van der Waals surface area contributed by atoms with Crippen molar-refractivity contribution in [1.82, 2.24) is 36.8 Å². The van der Waals surface area contributed by atoms with Crippen molar-refractivity contribution in [1.29, 1.82) is 0 Å². The van der Waals surface area contributed by atoms with Crippen LogP contribution in [-0.2, 0) is 38.0 Å². The van der Waals surface area contributed by atoms with Gasteiger partial charge in [-0.2, -0.15) is 28.3 Å². The van der Waals surface area contributed by atoms with Crippen molar-refractivity contribution in [2.45, 2.75) is 112 Å². The van der Waals surface area contributed by atoms with Crippen LogP contribution in [0.15, 0.2) is 18.2 Å². The highest BCUT2D eigenvalue weighted by molar-refractivity contribution is 8.00. The van der Waals surface area contributed by atoms with Gasteiger partial charge in [0.2, 0.25) is 17.7 Å². The van der Waals surface area contributed by atoms with Gasteiger partial charge in [-0.15, -0.1) is 0 Å². The molecule has 22 nitrogen and oxygen atoms in total. The number of fused-ring (bicyclic) bond motifs is 2. The number of amides is 8. The number of ether oxygens (including phenoxy) is 6. The molecule has 4 aliphatic heterocycles. The predicted octanol–water partition coefficient (Wildman–Crippen LogP) is 2.22. The van der Waals surface area contributed by atoms with E-state index < -0.39 is 5.91 Å². The SMILES string of the molecule is [N-]=[N+]=Cc1cc(C(N)=O)cc(C(=O)N(CCCOCCOCCOCCCNC(=O)CCCC[C@@H]2SC[C@@H]3NC(=O)N[C@@H]32)CCCOCCOCCOCCCNC(=O)CCCC[C@@H]2SC[C@@H]3NC(=O)N[C@@H]32)c1. The highest BCUT2D eigenvalue weighted by Gasteiger charge is 2.43. The number of unbranched alkanes of at least 4 members (excludes halogenated alkanes) is 2. The van der Waals surface area contributed by atoms with Crippen molar-refractivity contribution in [3.63, 3.8) is 0 Å². The van der Waals surface area contributed by atoms with Crippen molar-refractivity contribution in [2.24, 2.45) is 5.73 Å². The maximum Gasteiger partial charge on any atom is 0.315 e. The summed E-state index contributed by atoms with van der Waals surface area (Å²) in [6.45, 7) is 6.79. The molecule has 0 saturated carbocycles. The lowest BCUT2D eigenvalue weighted by Crippen LogP contribution is -2.36. The first-order chi connectivity index (χ1) is 35.6. The molecule has 0 aliphatic carbocycles. The van der Waals surface area contributed by atoms with Gasteiger partial charge in [0.1, 0.15) is 0 Å². The van der Waals surface area contributed by atoms with Gasteiger partial charge < -0.3 is 76.5 Å². The van der Waals surface area contributed by atoms with E-state index in [1.54, 1.807) is 4.90 Å². The summed E-state index contributed by atoms with van der Waals surface area (Å²) >= 11 is 3.78. The summed E-state index contributed by atoms with van der Waals surface area (Å²) in [6, 6.07) is 5.08. The largest absolute Gasteiger partial charge is 0.379 e. The van der Waals surface area contributed by atoms with E-state index in [2.05, 4.69) is 36.7 Å². The number of thioether (sulfide) groups is 2. The van der Waals surface area contributed by atoms with E-state index in [4.69, 9.17) is 39.7 Å². The van der Waals surface area contributed by atoms with Crippen LogP contribution < -0.4 is 37.6 Å². The summed E-state index contributed by atoms with van der Waals surface area (Å²) in [5, 5.41) is 18.6. The van der Waals surface area contributed by atoms with Crippen molar-refractivity contribution < 1.29 is 62.0 Å². The quantitative estimate of drug-likeness (QED) is 0.0163. The minimum absolute atomic E-state index is 0.0426. The average molecular weight is 1060 g/mol. The Morgan fingerprint density at radius 2 is 1.03 bits per heavy atom. The monoisotopic (exact) mass is 1060 g/mol. The van der Waals surface area contributed by atoms with Crippen LogP contribution in [0.2, 0.25) is 0 Å². The molecule has 4 fully saturated rings. The lowest BCUT2D eigenvalue weighted by atomic mass is 10.0. The van der Waals surface area contributed by atoms with Crippen molar-refractivity contribution in [3.05, 3.63) is 40.4 Å². The van der Waals surface area contributed by atoms with E-state index in [0.29, 0.717) is 160 Å². The molecule has 4 heterocycles. The van der Waals surface area contributed by atoms with Crippen molar-refractivity contribution in [3.8, 4) is 0 Å². The Kier molecular flexibility index (Phi) is 28.4. The number of urea groups is 2. The second-order valence-corrected chi connectivity index (χ2v) is 20.8. The normalized spacial score (nSPS) is 20.5. The summed E-state index contributed by atoms with van der Waals surface area (Å²) < 4.78 is 34.0. The standard InChI is InChI=1S/C49H78N10O12S2/c50-46(62)36-29-35(32-54-51)30-37(31-36)47(63)59(15-7-19-68-23-27-70-25-21-66-17-5-13-52-42(60)11-3-1-9-40-44-38(33-72-40)55-48(64)57-44)16-8-20-69-24-28-71-26-22-67-18-6-14-53-43(61)12-4-2-10-41-45-39(34-73-41)56-49(65)58-45/h29-32,38-41,44-45H,1-28,33-34H2,(H2,50,62)(H,52,60)(H,53,61)(H2,55,57,64)(H2,56,58,65)/t38-,39-,40-,41-,44-,45-/m0/s1. The van der Waals surface area contributed by atoms with Crippen LogP contribution in [0.3, 0.4) is 0 Å². The van der Waals surface area contributed by atoms with Gasteiger partial charge >= 0.3 is 12.1 Å². The van der Waals surface area contributed by atoms with E-state index in [9.17, 15) is 28.8 Å². The second-order valence-electron chi connectivity index (χ2n) is 18.3. The van der Waals surface area contributed by atoms with E-state index in [-0.39, 0.29) is 65.1 Å². The van der Waals surface area contributed by atoms with Gasteiger partial charge in [0.05, 0.1) is 82.6 Å². The highest BCUT2D eigenvalue weighted by Crippen LogP contribution is 2.34. The zero-order chi connectivity index (χ0) is 51.9. The number of carbonyl (C=O) groups excluding carboxylic acids is 6. The molecule has 24 heteroatoms. The van der Waals surface area contributed by atoms with Crippen molar-refractivity contribution >= 4 is 65.4 Å². The molecule has 0 aromatic heterocycles. The van der Waals surface area contributed by atoms with E-state index in [0.717, 1.165) is 56.2 Å². The Hall–Kier alpha value is -4.52. The molecule has 1 aromatic carbocycles. The molecule has 408 valence electrons. The van der Waals surface area contributed by atoms with Crippen LogP contribution in [-0.4, -0.2) is 203 Å². The lowest BCUT2D eigenvalue weighted by Gasteiger charge is -2.23. The number of benzene rings is 1. The molecule has 73 heavy (non-hydrogen) atoms. The van der Waals surface area contributed by atoms with Crippen LogP contribution in [0, 0.1) is 0 Å². The van der Waals surface area contributed by atoms with Gasteiger partial charge in [-0.05, 0) is 69.6 Å². The Balaban J connectivity index is 0.831. The summed E-state index contributed by atoms with van der Waals surface area (Å²) in [4.78, 5) is 78.0. The van der Waals surface area contributed by atoms with Gasteiger partial charge in [-0.3, -0.25) is 19.2 Å². The molecule has 4 aliphatic rings. The Morgan fingerprint density at radius 1 is 0.603 bits per heavy atom. The third-order valence-corrected chi connectivity index (χ3v) is 15.7. The van der Waals surface area contributed by atoms with Gasteiger partial charge in [-0.25, -0.2) is 9.59 Å². The van der Waals surface area contributed by atoms with Gasteiger partial charge in [0.15, 0.2) is 0 Å². The Labute approximate surface area is 437 Å². The molecule has 0 unspecified atom stereocenters. The molecular formula is C49H78N10O12S2. The zero-order valence-electron chi connectivity index (χ0n) is 42.1. The first-order valence-corrected chi connectivity index (χ1v) is 28.0. The van der Waals surface area contributed by atoms with Gasteiger partial charge in [0, 0.05) is 98.6 Å². The van der Waals surface area contributed by atoms with Gasteiger partial charge in [0.25, 0.3) is 12.1 Å². The molecule has 1 aromatic rings. The maximum atomic E-state index is 13.7. The summed E-state index contributed by atoms with van der Waals surface area (Å²) in [7, 11) is 0. The molecule has 0 spiro atoms. The first-order valence-electron chi connectivity index (χ1n) is 25.9. The highest BCUT2D eigenvalue weighted by atomic mass is 32.2. The van der Waals surface area contributed by atoms with Crippen LogP contribution in [0.25, 0.3) is 5.53 Å². The van der Waals surface area contributed by atoms with Crippen LogP contribution in [0.4, 0.5) is 9.59 Å². The number of hydrogen-bond donors (Lipinski definition) is 7. The van der Waals surface area contributed by atoms with E-state index >= 15 is 0 Å². The number of primary amides is 1. The van der Waals surface area contributed by atoms with E-state index in [1.807, 2.05) is 23.5 Å². The zero-order valence-corrected chi connectivity index (χ0v) is 43.8. The number of carbonyl (C=O) groups is 6. The number of rotatable bonds is 41. The fourth-order valence-corrected chi connectivity index (χ4v) is 12.0. The molecule has 8 N–H and O–H groups in total. The third kappa shape index (κ3) is 22.9. The number of nitrogens with two attached hydrogens (primary N) is 1. The molecule has 0 radical (unpaired) electrons. The molecule has 5 rings (SSSR count). The first kappa shape index (κ1) is 59.4. The van der Waals surface area contributed by atoms with Crippen LogP contribution >= 0.6 is 23.5 Å². The lowest BCUT2D eigenvalue weighted by molar-refractivity contribution is -0.122. The number of hydrogen-bond acceptors (Lipinski definition) is 14. The maximum absolute atomic E-state index is 13.7. The smallest absolute Gasteiger partial charge is 0.315 e. The van der Waals surface area contributed by atoms with Crippen LogP contribution in [0.1, 0.15) is 103 Å². The molecule has 8 amide bonds. The third-order valence-electron chi connectivity index (χ3n) is 12.6. The fourth-order valence-electron chi connectivity index (χ4n) is 8.88. The second kappa shape index (κ2) is 34.9. The summed E-state index contributed by atoms with van der Waals surface area (Å²) in [5.41, 5.74) is 15.3. The minimum atomic E-state index is -0.716. The van der Waals surface area contributed by atoms with Crippen LogP contribution in [0.5, 0.6) is 0 Å². The molecule has 0 bridgehead atoms. The van der Waals surface area contributed by atoms with Crippen molar-refractivity contribution in [2.75, 3.05) is 117 Å². The Bertz CT molecular complexity index is 1830. The Morgan fingerprint density at radius 3 is 1.47 bits per heavy atom.